The highest BCUT2D eigenvalue weighted by molar-refractivity contribution is 5.88. The lowest BCUT2D eigenvalue weighted by Gasteiger charge is -2.38. The van der Waals surface area contributed by atoms with Gasteiger partial charge in [-0.15, -0.1) is 0 Å². The molecule has 49 heavy (non-hydrogen) atoms. The van der Waals surface area contributed by atoms with Gasteiger partial charge in [-0.1, -0.05) is 0 Å². The van der Waals surface area contributed by atoms with Crippen molar-refractivity contribution in [1.29, 1.82) is 0 Å². The molecule has 1 aromatic heterocycles. The summed E-state index contributed by atoms with van der Waals surface area (Å²) < 4.78 is 39.7. The fourth-order valence-electron chi connectivity index (χ4n) is 5.74. The van der Waals surface area contributed by atoms with Crippen molar-refractivity contribution >= 4 is 11.0 Å². The second-order valence-corrected chi connectivity index (χ2v) is 11.9. The van der Waals surface area contributed by atoms with E-state index in [-0.39, 0.29) is 28.4 Å². The van der Waals surface area contributed by atoms with E-state index in [0.717, 1.165) is 6.07 Å². The van der Waals surface area contributed by atoms with E-state index >= 15 is 0 Å². The van der Waals surface area contributed by atoms with Crippen LogP contribution in [0.3, 0.4) is 0 Å². The van der Waals surface area contributed by atoms with Crippen LogP contribution in [0.2, 0.25) is 0 Å². The van der Waals surface area contributed by atoms with E-state index in [0.29, 0.717) is 0 Å². The van der Waals surface area contributed by atoms with Gasteiger partial charge in [-0.05, 0) is 31.2 Å². The average Bonchev–Trinajstić information content (AvgIpc) is 3.37. The molecule has 0 spiro atoms. The van der Waals surface area contributed by atoms with Crippen LogP contribution in [0.4, 0.5) is 0 Å². The third-order valence-electron chi connectivity index (χ3n) is 8.55. The van der Waals surface area contributed by atoms with Gasteiger partial charge in [0.05, 0.1) is 19.3 Å². The lowest BCUT2D eigenvalue weighted by atomic mass is 10.00. The number of aliphatic hydroxyl groups is 8. The van der Waals surface area contributed by atoms with E-state index in [1.54, 1.807) is 0 Å². The zero-order chi connectivity index (χ0) is 35.3. The van der Waals surface area contributed by atoms with E-state index in [1.807, 2.05) is 0 Å². The Labute approximate surface area is 276 Å². The Bertz CT molecular complexity index is 1680. The number of phenols is 2. The first-order valence-electron chi connectivity index (χ1n) is 15.2. The molecule has 18 heteroatoms. The second kappa shape index (κ2) is 13.9. The van der Waals surface area contributed by atoms with Crippen molar-refractivity contribution in [3.8, 4) is 34.3 Å². The molecule has 0 bridgehead atoms. The number of aliphatic hydroxyl groups excluding tert-OH is 8. The lowest BCUT2D eigenvalue weighted by Crippen LogP contribution is -2.58. The number of hydrogen-bond donors (Lipinski definition) is 10. The molecule has 13 atom stereocenters. The highest BCUT2D eigenvalue weighted by Gasteiger charge is 2.50. The minimum Gasteiger partial charge on any atom is -0.508 e. The second-order valence-electron chi connectivity index (χ2n) is 11.9. The number of benzene rings is 2. The molecule has 6 rings (SSSR count). The summed E-state index contributed by atoms with van der Waals surface area (Å²) in [6, 6.07) is 7.52. The number of phenolic OH excluding ortho intramolecular Hbond substituents is 2. The van der Waals surface area contributed by atoms with Gasteiger partial charge >= 0.3 is 0 Å². The molecule has 3 saturated heterocycles. The zero-order valence-electron chi connectivity index (χ0n) is 25.6. The Kier molecular flexibility index (Phi) is 10.0. The molecule has 18 nitrogen and oxygen atoms in total. The molecule has 0 aliphatic carbocycles. The van der Waals surface area contributed by atoms with Gasteiger partial charge in [0.2, 0.25) is 23.8 Å². The number of ether oxygens (including phenoxy) is 6. The van der Waals surface area contributed by atoms with Crippen LogP contribution in [0.25, 0.3) is 22.3 Å². The van der Waals surface area contributed by atoms with Crippen molar-refractivity contribution in [3.05, 3.63) is 46.6 Å². The lowest BCUT2D eigenvalue weighted by molar-refractivity contribution is -0.298. The predicted molar refractivity (Wildman–Crippen MR) is 159 cm³/mol. The molecule has 0 radical (unpaired) electrons. The maximum atomic E-state index is 14.0. The molecule has 3 aromatic rings. The molecule has 2 aromatic carbocycles. The molecule has 3 fully saturated rings. The van der Waals surface area contributed by atoms with Crippen LogP contribution in [-0.4, -0.2) is 144 Å². The first-order chi connectivity index (χ1) is 23.3. The van der Waals surface area contributed by atoms with E-state index < -0.39 is 115 Å². The summed E-state index contributed by atoms with van der Waals surface area (Å²) in [6.07, 6.45) is -19.8. The molecule has 0 saturated carbocycles. The Balaban J connectivity index is 1.38. The van der Waals surface area contributed by atoms with Crippen LogP contribution in [0.5, 0.6) is 23.0 Å². The third-order valence-corrected chi connectivity index (χ3v) is 8.55. The SMILES string of the molecule is CC1OC(Oc2cc(O)c3c(=O)c(OC4OC(CO)C(O)C4OC4OCC(O)C(O)C4O)c(-c4ccc(O)cc4)oc3c2)C(O)C(O)C1O. The zero-order valence-corrected chi connectivity index (χ0v) is 25.6. The Morgan fingerprint density at radius 3 is 2.18 bits per heavy atom. The first kappa shape index (κ1) is 35.2. The summed E-state index contributed by atoms with van der Waals surface area (Å²) in [6.45, 7) is 0.284. The predicted octanol–water partition coefficient (Wildman–Crippen LogP) is -2.64. The van der Waals surface area contributed by atoms with Gasteiger partial charge in [-0.2, -0.15) is 0 Å². The van der Waals surface area contributed by atoms with Crippen molar-refractivity contribution in [2.45, 2.75) is 86.8 Å². The van der Waals surface area contributed by atoms with Gasteiger partial charge in [0.1, 0.15) is 77.0 Å². The molecule has 0 amide bonds. The molecular weight excluding hydrogens is 660 g/mol. The Morgan fingerprint density at radius 2 is 1.49 bits per heavy atom. The molecule has 13 unspecified atom stereocenters. The third kappa shape index (κ3) is 6.66. The molecule has 10 N–H and O–H groups in total. The van der Waals surface area contributed by atoms with E-state index in [4.69, 9.17) is 32.8 Å². The van der Waals surface area contributed by atoms with Crippen LogP contribution < -0.4 is 14.9 Å². The molecule has 3 aliphatic rings. The summed E-state index contributed by atoms with van der Waals surface area (Å²) >= 11 is 0. The van der Waals surface area contributed by atoms with E-state index in [2.05, 4.69) is 0 Å². The normalized spacial score (nSPS) is 36.6. The van der Waals surface area contributed by atoms with E-state index in [1.165, 1.54) is 37.3 Å². The van der Waals surface area contributed by atoms with Crippen LogP contribution in [0, 0.1) is 0 Å². The number of fused-ring (bicyclic) bond motifs is 1. The topological polar surface area (TPSA) is 288 Å². The minimum atomic E-state index is -1.77. The van der Waals surface area contributed by atoms with Crippen LogP contribution >= 0.6 is 0 Å². The van der Waals surface area contributed by atoms with Crippen molar-refractivity contribution in [2.75, 3.05) is 13.2 Å². The molecule has 268 valence electrons. The number of aromatic hydroxyl groups is 2. The summed E-state index contributed by atoms with van der Waals surface area (Å²) in [7, 11) is 0. The highest BCUT2D eigenvalue weighted by atomic mass is 16.8. The monoisotopic (exact) mass is 696 g/mol. The van der Waals surface area contributed by atoms with Gasteiger partial charge in [0.25, 0.3) is 0 Å². The summed E-state index contributed by atoms with van der Waals surface area (Å²) in [5, 5.41) is 102. The van der Waals surface area contributed by atoms with Crippen LogP contribution in [0.1, 0.15) is 6.92 Å². The maximum Gasteiger partial charge on any atom is 0.239 e. The van der Waals surface area contributed by atoms with Crippen molar-refractivity contribution in [1.82, 2.24) is 0 Å². The minimum absolute atomic E-state index is 0.130. The van der Waals surface area contributed by atoms with Crippen molar-refractivity contribution in [3.63, 3.8) is 0 Å². The van der Waals surface area contributed by atoms with Crippen molar-refractivity contribution < 1.29 is 83.9 Å². The van der Waals surface area contributed by atoms with Crippen LogP contribution in [0.15, 0.2) is 45.6 Å². The van der Waals surface area contributed by atoms with E-state index in [9.17, 15) is 55.9 Å². The smallest absolute Gasteiger partial charge is 0.239 e. The fourth-order valence-corrected chi connectivity index (χ4v) is 5.74. The highest BCUT2D eigenvalue weighted by Crippen LogP contribution is 2.39. The Hall–Kier alpha value is -3.63. The standard InChI is InChI=1S/C31H36O18/c1-10-19(36)23(40)25(42)30(44-10)45-13-6-14(34)18-16(7-13)46-26(11-2-4-12(33)5-3-11)27(22(18)39)48-31-28(21(38)17(8-32)47-31)49-29-24(41)20(37)15(35)9-43-29/h2-7,10,15,17,19-21,23-25,28-38,40-42H,8-9H2,1H3. The average molecular weight is 697 g/mol. The Morgan fingerprint density at radius 1 is 0.796 bits per heavy atom. The van der Waals surface area contributed by atoms with Gasteiger partial charge in [0.15, 0.2) is 18.2 Å². The summed E-state index contributed by atoms with van der Waals surface area (Å²) in [5.74, 6) is -1.83. The largest absolute Gasteiger partial charge is 0.508 e. The first-order valence-corrected chi connectivity index (χ1v) is 15.2. The number of rotatable bonds is 8. The number of hydrogen-bond acceptors (Lipinski definition) is 18. The van der Waals surface area contributed by atoms with Gasteiger partial charge in [0, 0.05) is 17.7 Å². The fraction of sp³-hybridized carbons (Fsp3) is 0.516. The maximum absolute atomic E-state index is 14.0. The summed E-state index contributed by atoms with van der Waals surface area (Å²) in [5.41, 5.74) is -1.05. The quantitative estimate of drug-likeness (QED) is 0.115. The van der Waals surface area contributed by atoms with Gasteiger partial charge in [-0.25, -0.2) is 0 Å². The van der Waals surface area contributed by atoms with Gasteiger partial charge < -0.3 is 83.9 Å². The van der Waals surface area contributed by atoms with Gasteiger partial charge in [-0.3, -0.25) is 4.79 Å². The van der Waals surface area contributed by atoms with Crippen molar-refractivity contribution in [2.24, 2.45) is 0 Å². The molecule has 4 heterocycles. The molecule has 3 aliphatic heterocycles. The van der Waals surface area contributed by atoms with Crippen LogP contribution in [-0.2, 0) is 18.9 Å². The molecular formula is C31H36O18. The summed E-state index contributed by atoms with van der Waals surface area (Å²) in [4.78, 5) is 14.0.